The number of hydrogen-bond acceptors (Lipinski definition) is 3. The summed E-state index contributed by atoms with van der Waals surface area (Å²) in [6, 6.07) is 7.13. The average Bonchev–Trinajstić information content (AvgIpc) is 2.92. The molecule has 3 unspecified atom stereocenters. The number of aromatic carboxylic acids is 1. The molecular weight excluding hydrogens is 242 g/mol. The van der Waals surface area contributed by atoms with Crippen LogP contribution in [-0.4, -0.2) is 40.3 Å². The van der Waals surface area contributed by atoms with Gasteiger partial charge in [0.1, 0.15) is 0 Å². The highest BCUT2D eigenvalue weighted by Gasteiger charge is 2.41. The van der Waals surface area contributed by atoms with E-state index in [2.05, 4.69) is 4.90 Å². The van der Waals surface area contributed by atoms with E-state index in [1.807, 2.05) is 6.07 Å². The molecule has 1 aliphatic heterocycles. The third-order valence-corrected chi connectivity index (χ3v) is 4.47. The molecule has 3 rings (SSSR count). The van der Waals surface area contributed by atoms with Gasteiger partial charge in [0.25, 0.3) is 0 Å². The number of aliphatic hydroxyl groups excluding tert-OH is 1. The van der Waals surface area contributed by atoms with Crippen molar-refractivity contribution in [3.63, 3.8) is 0 Å². The molecule has 1 aliphatic carbocycles. The van der Waals surface area contributed by atoms with Crippen LogP contribution in [0.25, 0.3) is 0 Å². The Morgan fingerprint density at radius 3 is 2.89 bits per heavy atom. The number of rotatable bonds is 3. The van der Waals surface area contributed by atoms with Gasteiger partial charge in [-0.15, -0.1) is 0 Å². The van der Waals surface area contributed by atoms with Crippen molar-refractivity contribution >= 4 is 5.97 Å². The standard InChI is InChI=1S/C15H19NO3/c17-14-5-4-12-8-16(9-13(12)14)7-10-2-1-3-11(6-10)15(18)19/h1-3,6,12-14,17H,4-5,7-9H2,(H,18,19). The van der Waals surface area contributed by atoms with Gasteiger partial charge in [-0.3, -0.25) is 4.90 Å². The van der Waals surface area contributed by atoms with Gasteiger partial charge in [-0.25, -0.2) is 4.79 Å². The van der Waals surface area contributed by atoms with Gasteiger partial charge >= 0.3 is 5.97 Å². The van der Waals surface area contributed by atoms with Gasteiger partial charge in [-0.05, 0) is 36.5 Å². The highest BCUT2D eigenvalue weighted by atomic mass is 16.4. The number of hydrogen-bond donors (Lipinski definition) is 2. The largest absolute Gasteiger partial charge is 0.478 e. The second-order valence-electron chi connectivity index (χ2n) is 5.77. The van der Waals surface area contributed by atoms with Gasteiger partial charge in [-0.1, -0.05) is 12.1 Å². The summed E-state index contributed by atoms with van der Waals surface area (Å²) in [7, 11) is 0. The van der Waals surface area contributed by atoms with Gasteiger partial charge in [0.15, 0.2) is 0 Å². The molecule has 1 aromatic carbocycles. The fourth-order valence-corrected chi connectivity index (χ4v) is 3.52. The van der Waals surface area contributed by atoms with Crippen LogP contribution >= 0.6 is 0 Å². The summed E-state index contributed by atoms with van der Waals surface area (Å²) >= 11 is 0. The number of benzene rings is 1. The third kappa shape index (κ3) is 2.51. The number of likely N-dealkylation sites (tertiary alicyclic amines) is 1. The molecule has 4 heteroatoms. The second-order valence-corrected chi connectivity index (χ2v) is 5.77. The lowest BCUT2D eigenvalue weighted by Gasteiger charge is -2.18. The zero-order chi connectivity index (χ0) is 13.4. The summed E-state index contributed by atoms with van der Waals surface area (Å²) in [5.74, 6) is 0.163. The molecule has 19 heavy (non-hydrogen) atoms. The van der Waals surface area contributed by atoms with Crippen LogP contribution in [-0.2, 0) is 6.54 Å². The first-order valence-corrected chi connectivity index (χ1v) is 6.86. The van der Waals surface area contributed by atoms with Gasteiger partial charge in [0, 0.05) is 25.6 Å². The van der Waals surface area contributed by atoms with Gasteiger partial charge < -0.3 is 10.2 Å². The maximum Gasteiger partial charge on any atom is 0.335 e. The lowest BCUT2D eigenvalue weighted by Crippen LogP contribution is -2.24. The topological polar surface area (TPSA) is 60.8 Å². The second kappa shape index (κ2) is 4.94. The Bertz CT molecular complexity index is 488. The molecule has 0 amide bonds. The van der Waals surface area contributed by atoms with E-state index in [-0.39, 0.29) is 6.10 Å². The van der Waals surface area contributed by atoms with E-state index >= 15 is 0 Å². The van der Waals surface area contributed by atoms with Crippen LogP contribution < -0.4 is 0 Å². The van der Waals surface area contributed by atoms with E-state index in [9.17, 15) is 9.90 Å². The number of carboxylic acid groups (broad SMARTS) is 1. The smallest absolute Gasteiger partial charge is 0.335 e. The molecule has 0 bridgehead atoms. The molecule has 1 saturated carbocycles. The van der Waals surface area contributed by atoms with Gasteiger partial charge in [-0.2, -0.15) is 0 Å². The molecule has 102 valence electrons. The maximum absolute atomic E-state index is 10.9. The van der Waals surface area contributed by atoms with Gasteiger partial charge in [0.05, 0.1) is 11.7 Å². The van der Waals surface area contributed by atoms with Crippen molar-refractivity contribution in [1.82, 2.24) is 4.90 Å². The highest BCUT2D eigenvalue weighted by Crippen LogP contribution is 2.38. The Hall–Kier alpha value is -1.39. The summed E-state index contributed by atoms with van der Waals surface area (Å²) in [6.07, 6.45) is 1.93. The molecule has 0 aromatic heterocycles. The number of aliphatic hydroxyl groups is 1. The number of fused-ring (bicyclic) bond motifs is 1. The fraction of sp³-hybridized carbons (Fsp3) is 0.533. The van der Waals surface area contributed by atoms with E-state index in [0.717, 1.165) is 38.0 Å². The molecule has 1 heterocycles. The van der Waals surface area contributed by atoms with Gasteiger partial charge in [0.2, 0.25) is 0 Å². The summed E-state index contributed by atoms with van der Waals surface area (Å²) in [4.78, 5) is 13.3. The van der Waals surface area contributed by atoms with Crippen molar-refractivity contribution in [3.05, 3.63) is 35.4 Å². The van der Waals surface area contributed by atoms with Crippen molar-refractivity contribution in [2.24, 2.45) is 11.8 Å². The highest BCUT2D eigenvalue weighted by molar-refractivity contribution is 5.87. The molecule has 2 aliphatic rings. The fourth-order valence-electron chi connectivity index (χ4n) is 3.52. The first kappa shape index (κ1) is 12.6. The molecule has 2 N–H and O–H groups in total. The van der Waals surface area contributed by atoms with Crippen molar-refractivity contribution in [2.75, 3.05) is 13.1 Å². The summed E-state index contributed by atoms with van der Waals surface area (Å²) in [6.45, 7) is 2.74. The van der Waals surface area contributed by atoms with Crippen molar-refractivity contribution in [1.29, 1.82) is 0 Å². The van der Waals surface area contributed by atoms with E-state index in [0.29, 0.717) is 17.4 Å². The maximum atomic E-state index is 10.9. The lowest BCUT2D eigenvalue weighted by molar-refractivity contribution is 0.0696. The van der Waals surface area contributed by atoms with Crippen LogP contribution in [0, 0.1) is 11.8 Å². The third-order valence-electron chi connectivity index (χ3n) is 4.47. The monoisotopic (exact) mass is 261 g/mol. The number of nitrogens with zero attached hydrogens (tertiary/aromatic N) is 1. The Kier molecular flexibility index (Phi) is 3.29. The van der Waals surface area contributed by atoms with Crippen LogP contribution in [0.1, 0.15) is 28.8 Å². The lowest BCUT2D eigenvalue weighted by atomic mass is 10.00. The molecule has 1 saturated heterocycles. The van der Waals surface area contributed by atoms with E-state index < -0.39 is 5.97 Å². The normalized spacial score (nSPS) is 30.5. The zero-order valence-electron chi connectivity index (χ0n) is 10.8. The summed E-state index contributed by atoms with van der Waals surface area (Å²) in [5, 5.41) is 18.9. The van der Waals surface area contributed by atoms with Crippen LogP contribution in [0.2, 0.25) is 0 Å². The Balaban J connectivity index is 1.66. The van der Waals surface area contributed by atoms with Crippen LogP contribution in [0.3, 0.4) is 0 Å². The SMILES string of the molecule is O=C(O)c1cccc(CN2CC3CCC(O)C3C2)c1. The molecule has 0 radical (unpaired) electrons. The summed E-state index contributed by atoms with van der Waals surface area (Å²) < 4.78 is 0. The predicted octanol–water partition coefficient (Wildman–Crippen LogP) is 1.59. The molecule has 3 atom stereocenters. The minimum atomic E-state index is -0.879. The Morgan fingerprint density at radius 1 is 1.32 bits per heavy atom. The van der Waals surface area contributed by atoms with Crippen LogP contribution in [0.5, 0.6) is 0 Å². The van der Waals surface area contributed by atoms with E-state index in [1.54, 1.807) is 18.2 Å². The van der Waals surface area contributed by atoms with Crippen molar-refractivity contribution < 1.29 is 15.0 Å². The Morgan fingerprint density at radius 2 is 2.16 bits per heavy atom. The van der Waals surface area contributed by atoms with E-state index in [1.165, 1.54) is 0 Å². The molecule has 2 fully saturated rings. The van der Waals surface area contributed by atoms with Crippen molar-refractivity contribution in [3.8, 4) is 0 Å². The number of carbonyl (C=O) groups is 1. The first-order chi connectivity index (χ1) is 9.13. The first-order valence-electron chi connectivity index (χ1n) is 6.86. The zero-order valence-corrected chi connectivity index (χ0v) is 10.8. The summed E-state index contributed by atoms with van der Waals surface area (Å²) in [5.41, 5.74) is 1.38. The predicted molar refractivity (Wildman–Crippen MR) is 70.9 cm³/mol. The quantitative estimate of drug-likeness (QED) is 0.867. The average molecular weight is 261 g/mol. The minimum absolute atomic E-state index is 0.139. The molecule has 4 nitrogen and oxygen atoms in total. The Labute approximate surface area is 112 Å². The van der Waals surface area contributed by atoms with Crippen LogP contribution in [0.15, 0.2) is 24.3 Å². The molecule has 0 spiro atoms. The van der Waals surface area contributed by atoms with E-state index in [4.69, 9.17) is 5.11 Å². The molecule has 1 aromatic rings. The number of carboxylic acids is 1. The van der Waals surface area contributed by atoms with Crippen LogP contribution in [0.4, 0.5) is 0 Å². The van der Waals surface area contributed by atoms with Crippen molar-refractivity contribution in [2.45, 2.75) is 25.5 Å². The minimum Gasteiger partial charge on any atom is -0.478 e. The molecular formula is C15H19NO3.